The summed E-state index contributed by atoms with van der Waals surface area (Å²) in [5, 5.41) is 7.27. The topological polar surface area (TPSA) is 23.0 Å². The van der Waals surface area contributed by atoms with Crippen molar-refractivity contribution in [3.63, 3.8) is 0 Å². The van der Waals surface area contributed by atoms with E-state index in [0.29, 0.717) is 0 Å². The Morgan fingerprint density at radius 1 is 0.281 bits per heavy atom. The lowest BCUT2D eigenvalue weighted by Gasteiger charge is -2.12. The third kappa shape index (κ3) is 4.92. The van der Waals surface area contributed by atoms with Crippen molar-refractivity contribution >= 4 is 65.6 Å². The molecule has 0 atom stereocenters. The van der Waals surface area contributed by atoms with Crippen LogP contribution in [0.25, 0.3) is 110 Å². The van der Waals surface area contributed by atoms with Gasteiger partial charge in [0.25, 0.3) is 0 Å². The molecule has 266 valence electrons. The van der Waals surface area contributed by atoms with E-state index in [2.05, 4.69) is 203 Å². The minimum atomic E-state index is 0.911. The first kappa shape index (κ1) is 31.7. The van der Waals surface area contributed by atoms with E-state index in [1.54, 1.807) is 0 Å². The molecular formula is C54H34N2O. The molecule has 3 heterocycles. The number of aromatic nitrogens is 2. The highest BCUT2D eigenvalue weighted by Crippen LogP contribution is 2.40. The molecule has 0 aliphatic rings. The predicted molar refractivity (Wildman–Crippen MR) is 239 cm³/mol. The van der Waals surface area contributed by atoms with Gasteiger partial charge in [-0.25, -0.2) is 0 Å². The van der Waals surface area contributed by atoms with Gasteiger partial charge < -0.3 is 13.6 Å². The summed E-state index contributed by atoms with van der Waals surface area (Å²) in [7, 11) is 0. The Balaban J connectivity index is 0.999. The van der Waals surface area contributed by atoms with Crippen molar-refractivity contribution in [2.45, 2.75) is 0 Å². The number of rotatable bonds is 5. The van der Waals surface area contributed by atoms with Gasteiger partial charge in [-0.05, 0) is 88.5 Å². The van der Waals surface area contributed by atoms with Gasteiger partial charge in [-0.1, -0.05) is 146 Å². The van der Waals surface area contributed by atoms with Gasteiger partial charge in [0.1, 0.15) is 11.2 Å². The van der Waals surface area contributed by atoms with E-state index >= 15 is 0 Å². The maximum absolute atomic E-state index is 6.43. The summed E-state index contributed by atoms with van der Waals surface area (Å²) in [4.78, 5) is 0. The molecule has 12 rings (SSSR count). The first-order valence-corrected chi connectivity index (χ1v) is 19.5. The van der Waals surface area contributed by atoms with Crippen molar-refractivity contribution in [1.29, 1.82) is 0 Å². The minimum absolute atomic E-state index is 0.911. The van der Waals surface area contributed by atoms with Crippen LogP contribution in [0.2, 0.25) is 0 Å². The molecule has 3 nitrogen and oxygen atoms in total. The van der Waals surface area contributed by atoms with Crippen molar-refractivity contribution < 1.29 is 4.42 Å². The minimum Gasteiger partial charge on any atom is -0.455 e. The monoisotopic (exact) mass is 726 g/mol. The molecule has 9 aromatic carbocycles. The zero-order chi connectivity index (χ0) is 37.5. The van der Waals surface area contributed by atoms with E-state index < -0.39 is 0 Å². The van der Waals surface area contributed by atoms with Gasteiger partial charge in [0.05, 0.1) is 22.1 Å². The molecule has 57 heavy (non-hydrogen) atoms. The van der Waals surface area contributed by atoms with Crippen molar-refractivity contribution in [3.8, 4) is 44.8 Å². The SMILES string of the molecule is c1ccc(-n2c3ccccc3c3ccc(-c4ccc5c6ccccc6n(-c6cccc(-c7cccc(-c8cccc9c8oc8ccccc89)c7)c6)c5c4)cc32)cc1. The van der Waals surface area contributed by atoms with Crippen LogP contribution in [0.5, 0.6) is 0 Å². The van der Waals surface area contributed by atoms with Crippen molar-refractivity contribution in [2.75, 3.05) is 0 Å². The number of hydrogen-bond donors (Lipinski definition) is 0. The maximum atomic E-state index is 6.43. The number of nitrogens with zero attached hydrogens (tertiary/aromatic N) is 2. The van der Waals surface area contributed by atoms with Crippen LogP contribution in [0.1, 0.15) is 0 Å². The van der Waals surface area contributed by atoms with Crippen LogP contribution in [-0.2, 0) is 0 Å². The van der Waals surface area contributed by atoms with Crippen molar-refractivity contribution in [2.24, 2.45) is 0 Å². The molecule has 0 amide bonds. The zero-order valence-corrected chi connectivity index (χ0v) is 30.9. The molecule has 0 saturated heterocycles. The third-order valence-corrected chi connectivity index (χ3v) is 11.7. The Morgan fingerprint density at radius 3 is 1.49 bits per heavy atom. The van der Waals surface area contributed by atoms with E-state index in [0.717, 1.165) is 55.6 Å². The van der Waals surface area contributed by atoms with Gasteiger partial charge in [0.2, 0.25) is 0 Å². The van der Waals surface area contributed by atoms with Gasteiger partial charge >= 0.3 is 0 Å². The third-order valence-electron chi connectivity index (χ3n) is 11.7. The molecule has 0 fully saturated rings. The average molecular weight is 727 g/mol. The number of hydrogen-bond acceptors (Lipinski definition) is 1. The number of benzene rings is 9. The molecule has 3 heteroatoms. The normalized spacial score (nSPS) is 11.9. The van der Waals surface area contributed by atoms with Crippen molar-refractivity contribution in [3.05, 3.63) is 206 Å². The van der Waals surface area contributed by atoms with Gasteiger partial charge in [0, 0.05) is 49.3 Å². The molecule has 12 aromatic rings. The molecule has 0 bridgehead atoms. The van der Waals surface area contributed by atoms with Crippen LogP contribution in [0.4, 0.5) is 0 Å². The molecule has 0 spiro atoms. The lowest BCUT2D eigenvalue weighted by atomic mass is 9.97. The summed E-state index contributed by atoms with van der Waals surface area (Å²) in [6.07, 6.45) is 0. The van der Waals surface area contributed by atoms with Crippen LogP contribution >= 0.6 is 0 Å². The Kier molecular flexibility index (Phi) is 6.93. The standard InChI is InChI=1S/C54H34N2O/c1-2-16-40(17-3-1)55-49-24-7-4-19-43(49)45-29-27-37(33-51(45)55)38-28-30-46-44-20-5-8-25-50(44)56(52(46)34-38)41-18-11-14-36(32-41)35-13-10-15-39(31-35)42-22-12-23-48-47-21-6-9-26-53(47)57-54(42)48/h1-34H. The summed E-state index contributed by atoms with van der Waals surface area (Å²) in [5.41, 5.74) is 15.8. The summed E-state index contributed by atoms with van der Waals surface area (Å²) < 4.78 is 11.2. The van der Waals surface area contributed by atoms with Crippen LogP contribution in [-0.4, -0.2) is 9.13 Å². The number of para-hydroxylation sites is 5. The van der Waals surface area contributed by atoms with Crippen molar-refractivity contribution in [1.82, 2.24) is 9.13 Å². The van der Waals surface area contributed by atoms with E-state index in [9.17, 15) is 0 Å². The Morgan fingerprint density at radius 2 is 0.772 bits per heavy atom. The van der Waals surface area contributed by atoms with E-state index in [-0.39, 0.29) is 0 Å². The van der Waals surface area contributed by atoms with E-state index in [1.807, 2.05) is 12.1 Å². The molecular weight excluding hydrogens is 693 g/mol. The van der Waals surface area contributed by atoms with Crippen LogP contribution in [0.15, 0.2) is 211 Å². The summed E-state index contributed by atoms with van der Waals surface area (Å²) in [6.45, 7) is 0. The second kappa shape index (κ2) is 12.5. The lowest BCUT2D eigenvalue weighted by Crippen LogP contribution is -1.95. The maximum Gasteiger partial charge on any atom is 0.143 e. The Bertz CT molecular complexity index is 3530. The number of furan rings is 1. The summed E-state index contributed by atoms with van der Waals surface area (Å²) in [6, 6.07) is 74.5. The molecule has 3 aromatic heterocycles. The molecule has 0 unspecified atom stereocenters. The number of fused-ring (bicyclic) bond motifs is 9. The quantitative estimate of drug-likeness (QED) is 0.173. The Hall–Kier alpha value is -7.62. The highest BCUT2D eigenvalue weighted by molar-refractivity contribution is 6.13. The average Bonchev–Trinajstić information content (AvgIpc) is 3.94. The largest absolute Gasteiger partial charge is 0.455 e. The summed E-state index contributed by atoms with van der Waals surface area (Å²) >= 11 is 0. The van der Waals surface area contributed by atoms with Gasteiger partial charge in [-0.15, -0.1) is 0 Å². The second-order valence-corrected chi connectivity index (χ2v) is 14.9. The van der Waals surface area contributed by atoms with E-state index in [4.69, 9.17) is 4.42 Å². The molecule has 0 aliphatic heterocycles. The highest BCUT2D eigenvalue weighted by atomic mass is 16.3. The van der Waals surface area contributed by atoms with Gasteiger partial charge in [0.15, 0.2) is 0 Å². The molecule has 0 radical (unpaired) electrons. The molecule has 0 saturated carbocycles. The predicted octanol–water partition coefficient (Wildman–Crippen LogP) is 14.8. The first-order valence-electron chi connectivity index (χ1n) is 19.5. The first-order chi connectivity index (χ1) is 28.3. The fourth-order valence-corrected chi connectivity index (χ4v) is 9.10. The fourth-order valence-electron chi connectivity index (χ4n) is 9.10. The highest BCUT2D eigenvalue weighted by Gasteiger charge is 2.17. The fraction of sp³-hybridized carbons (Fsp3) is 0. The summed E-state index contributed by atoms with van der Waals surface area (Å²) in [5.74, 6) is 0. The van der Waals surface area contributed by atoms with Crippen LogP contribution < -0.4 is 0 Å². The zero-order valence-electron chi connectivity index (χ0n) is 30.9. The smallest absolute Gasteiger partial charge is 0.143 e. The van der Waals surface area contributed by atoms with Gasteiger partial charge in [-0.3, -0.25) is 0 Å². The second-order valence-electron chi connectivity index (χ2n) is 14.9. The van der Waals surface area contributed by atoms with E-state index in [1.165, 1.54) is 54.7 Å². The van der Waals surface area contributed by atoms with Crippen LogP contribution in [0.3, 0.4) is 0 Å². The Labute approximate surface area is 328 Å². The lowest BCUT2D eigenvalue weighted by molar-refractivity contribution is 0.670. The van der Waals surface area contributed by atoms with Crippen LogP contribution in [0, 0.1) is 0 Å². The molecule has 0 N–H and O–H groups in total. The van der Waals surface area contributed by atoms with Gasteiger partial charge in [-0.2, -0.15) is 0 Å². The molecule has 0 aliphatic carbocycles.